The van der Waals surface area contributed by atoms with E-state index in [1.807, 2.05) is 24.3 Å². The van der Waals surface area contributed by atoms with Crippen molar-refractivity contribution >= 4 is 0 Å². The van der Waals surface area contributed by atoms with Crippen LogP contribution in [0.15, 0.2) is 24.3 Å². The summed E-state index contributed by atoms with van der Waals surface area (Å²) in [7, 11) is 1.67. The Hall–Kier alpha value is -1.06. The Morgan fingerprint density at radius 1 is 1.29 bits per heavy atom. The van der Waals surface area contributed by atoms with Gasteiger partial charge in [-0.15, -0.1) is 0 Å². The first-order chi connectivity index (χ1) is 8.29. The Morgan fingerprint density at radius 3 is 2.53 bits per heavy atom. The lowest BCUT2D eigenvalue weighted by molar-refractivity contribution is 0.0890. The van der Waals surface area contributed by atoms with Crippen molar-refractivity contribution in [1.82, 2.24) is 5.32 Å². The molecule has 1 aliphatic rings. The maximum absolute atomic E-state index is 10.2. The minimum absolute atomic E-state index is 0.217. The summed E-state index contributed by atoms with van der Waals surface area (Å²) in [4.78, 5) is 0. The fraction of sp³-hybridized carbons (Fsp3) is 0.571. The number of aliphatic hydroxyl groups is 1. The molecule has 1 saturated heterocycles. The van der Waals surface area contributed by atoms with Crippen molar-refractivity contribution in [3.05, 3.63) is 29.8 Å². The third-order valence-corrected chi connectivity index (χ3v) is 3.53. The zero-order valence-electron chi connectivity index (χ0n) is 10.4. The number of ether oxygens (including phenoxy) is 1. The minimum Gasteiger partial charge on any atom is -0.497 e. The number of rotatable bonds is 4. The number of hydrogen-bond donors (Lipinski definition) is 2. The summed E-state index contributed by atoms with van der Waals surface area (Å²) in [5.74, 6) is 1.31. The van der Waals surface area contributed by atoms with Crippen LogP contribution in [0.3, 0.4) is 0 Å². The third-order valence-electron chi connectivity index (χ3n) is 3.53. The Balaban J connectivity index is 1.89. The molecular formula is C14H21NO2. The summed E-state index contributed by atoms with van der Waals surface area (Å²) in [6.07, 6.45) is 2.69. The van der Waals surface area contributed by atoms with E-state index in [9.17, 15) is 5.11 Å². The van der Waals surface area contributed by atoms with Gasteiger partial charge in [-0.1, -0.05) is 12.1 Å². The van der Waals surface area contributed by atoms with E-state index in [4.69, 9.17) is 4.74 Å². The summed E-state index contributed by atoms with van der Waals surface area (Å²) >= 11 is 0. The van der Waals surface area contributed by atoms with Gasteiger partial charge in [0.05, 0.1) is 13.2 Å². The summed E-state index contributed by atoms with van der Waals surface area (Å²) in [5.41, 5.74) is 1.18. The first kappa shape index (κ1) is 12.4. The molecule has 3 nitrogen and oxygen atoms in total. The van der Waals surface area contributed by atoms with Gasteiger partial charge in [0.15, 0.2) is 0 Å². The summed E-state index contributed by atoms with van der Waals surface area (Å²) in [6, 6.07) is 7.96. The largest absolute Gasteiger partial charge is 0.497 e. The van der Waals surface area contributed by atoms with Crippen LogP contribution in [0.25, 0.3) is 0 Å². The highest BCUT2D eigenvalue weighted by molar-refractivity contribution is 5.27. The average molecular weight is 235 g/mol. The van der Waals surface area contributed by atoms with Crippen LogP contribution in [0.2, 0.25) is 0 Å². The van der Waals surface area contributed by atoms with Crippen molar-refractivity contribution in [1.29, 1.82) is 0 Å². The van der Waals surface area contributed by atoms with E-state index in [0.717, 1.165) is 38.1 Å². The Kier molecular flexibility index (Phi) is 4.40. The van der Waals surface area contributed by atoms with E-state index in [1.54, 1.807) is 7.11 Å². The highest BCUT2D eigenvalue weighted by Crippen LogP contribution is 2.20. The zero-order valence-corrected chi connectivity index (χ0v) is 10.4. The normalized spacial score (nSPS) is 18.9. The van der Waals surface area contributed by atoms with Gasteiger partial charge >= 0.3 is 0 Å². The molecule has 2 N–H and O–H groups in total. The first-order valence-corrected chi connectivity index (χ1v) is 6.31. The summed E-state index contributed by atoms with van der Waals surface area (Å²) in [5, 5.41) is 13.5. The third kappa shape index (κ3) is 3.45. The molecule has 0 saturated carbocycles. The van der Waals surface area contributed by atoms with Crippen molar-refractivity contribution in [2.24, 2.45) is 5.92 Å². The number of hydrogen-bond acceptors (Lipinski definition) is 3. The van der Waals surface area contributed by atoms with Crippen LogP contribution >= 0.6 is 0 Å². The predicted octanol–water partition coefficient (Wildman–Crippen LogP) is 1.60. The van der Waals surface area contributed by atoms with Gasteiger partial charge in [-0.3, -0.25) is 0 Å². The molecule has 17 heavy (non-hydrogen) atoms. The molecule has 0 aromatic heterocycles. The molecule has 0 bridgehead atoms. The Bertz CT molecular complexity index is 331. The van der Waals surface area contributed by atoms with Crippen LogP contribution in [0.1, 0.15) is 18.4 Å². The number of nitrogens with one attached hydrogen (secondary N) is 1. The molecule has 1 aliphatic heterocycles. The van der Waals surface area contributed by atoms with E-state index >= 15 is 0 Å². The maximum atomic E-state index is 10.2. The fourth-order valence-electron chi connectivity index (χ4n) is 2.40. The topological polar surface area (TPSA) is 41.5 Å². The fourth-order valence-corrected chi connectivity index (χ4v) is 2.40. The van der Waals surface area contributed by atoms with Crippen LogP contribution in [0.5, 0.6) is 5.75 Å². The van der Waals surface area contributed by atoms with Crippen LogP contribution in [-0.2, 0) is 6.42 Å². The number of methoxy groups -OCH3 is 1. The molecule has 1 heterocycles. The van der Waals surface area contributed by atoms with Crippen LogP contribution < -0.4 is 10.1 Å². The van der Waals surface area contributed by atoms with Crippen molar-refractivity contribution in [2.75, 3.05) is 20.2 Å². The van der Waals surface area contributed by atoms with Crippen molar-refractivity contribution in [3.63, 3.8) is 0 Å². The van der Waals surface area contributed by atoms with Gasteiger partial charge in [0.25, 0.3) is 0 Å². The molecule has 94 valence electrons. The highest BCUT2D eigenvalue weighted by atomic mass is 16.5. The van der Waals surface area contributed by atoms with Crippen molar-refractivity contribution in [3.8, 4) is 5.75 Å². The lowest BCUT2D eigenvalue weighted by atomic mass is 9.89. The Labute approximate surface area is 103 Å². The first-order valence-electron chi connectivity index (χ1n) is 6.31. The van der Waals surface area contributed by atoms with Gasteiger partial charge in [0, 0.05) is 0 Å². The molecule has 1 atom stereocenters. The molecular weight excluding hydrogens is 214 g/mol. The maximum Gasteiger partial charge on any atom is 0.118 e. The van der Waals surface area contributed by atoms with Gasteiger partial charge in [-0.2, -0.15) is 0 Å². The molecule has 0 spiro atoms. The predicted molar refractivity (Wildman–Crippen MR) is 68.3 cm³/mol. The lowest BCUT2D eigenvalue weighted by Gasteiger charge is -2.27. The zero-order chi connectivity index (χ0) is 12.1. The number of piperidine rings is 1. The summed E-state index contributed by atoms with van der Waals surface area (Å²) < 4.78 is 5.12. The molecule has 3 heteroatoms. The minimum atomic E-state index is -0.217. The van der Waals surface area contributed by atoms with Crippen molar-refractivity contribution < 1.29 is 9.84 Å². The van der Waals surface area contributed by atoms with E-state index < -0.39 is 0 Å². The van der Waals surface area contributed by atoms with E-state index in [0.29, 0.717) is 5.92 Å². The number of aliphatic hydroxyl groups excluding tert-OH is 1. The second kappa shape index (κ2) is 6.03. The van der Waals surface area contributed by atoms with E-state index in [-0.39, 0.29) is 6.10 Å². The molecule has 1 fully saturated rings. The van der Waals surface area contributed by atoms with Gasteiger partial charge in [0.2, 0.25) is 0 Å². The average Bonchev–Trinajstić information content (AvgIpc) is 2.40. The number of benzene rings is 1. The highest BCUT2D eigenvalue weighted by Gasteiger charge is 2.21. The SMILES string of the molecule is COc1ccc(CC(O)C2CCNCC2)cc1. The van der Waals surface area contributed by atoms with E-state index in [2.05, 4.69) is 5.32 Å². The van der Waals surface area contributed by atoms with Gasteiger partial charge in [0.1, 0.15) is 5.75 Å². The molecule has 1 unspecified atom stereocenters. The molecule has 1 aromatic carbocycles. The molecule has 2 rings (SSSR count). The standard InChI is InChI=1S/C14H21NO2/c1-17-13-4-2-11(3-5-13)10-14(16)12-6-8-15-9-7-12/h2-5,12,14-16H,6-10H2,1H3. The monoisotopic (exact) mass is 235 g/mol. The summed E-state index contributed by atoms with van der Waals surface area (Å²) in [6.45, 7) is 2.06. The second-order valence-corrected chi connectivity index (χ2v) is 4.71. The molecule has 0 aliphatic carbocycles. The molecule has 1 aromatic rings. The Morgan fingerprint density at radius 2 is 1.94 bits per heavy atom. The smallest absolute Gasteiger partial charge is 0.118 e. The van der Waals surface area contributed by atoms with Crippen LogP contribution in [0.4, 0.5) is 0 Å². The van der Waals surface area contributed by atoms with E-state index in [1.165, 1.54) is 5.56 Å². The molecule has 0 radical (unpaired) electrons. The van der Waals surface area contributed by atoms with Crippen LogP contribution in [-0.4, -0.2) is 31.4 Å². The second-order valence-electron chi connectivity index (χ2n) is 4.71. The lowest BCUT2D eigenvalue weighted by Crippen LogP contribution is -2.34. The van der Waals surface area contributed by atoms with Crippen LogP contribution in [0, 0.1) is 5.92 Å². The van der Waals surface area contributed by atoms with Crippen molar-refractivity contribution in [2.45, 2.75) is 25.4 Å². The van der Waals surface area contributed by atoms with Gasteiger partial charge in [-0.05, 0) is 56.0 Å². The quantitative estimate of drug-likeness (QED) is 0.833. The van der Waals surface area contributed by atoms with Gasteiger partial charge < -0.3 is 15.2 Å². The molecule has 0 amide bonds. The van der Waals surface area contributed by atoms with Gasteiger partial charge in [-0.25, -0.2) is 0 Å².